The fraction of sp³-hybridized carbons (Fsp3) is 0.500. The second-order valence-electron chi connectivity index (χ2n) is 4.76. The average Bonchev–Trinajstić information content (AvgIpc) is 2.83. The molecule has 0 unspecified atom stereocenters. The summed E-state index contributed by atoms with van der Waals surface area (Å²) in [5.41, 5.74) is 0.0375. The first-order valence-corrected chi connectivity index (χ1v) is 6.65. The van der Waals surface area contributed by atoms with Crippen molar-refractivity contribution in [1.82, 2.24) is 5.32 Å². The summed E-state index contributed by atoms with van der Waals surface area (Å²) in [7, 11) is 0. The minimum absolute atomic E-state index is 0.0460. The van der Waals surface area contributed by atoms with Gasteiger partial charge >= 0.3 is 0 Å². The minimum Gasteiger partial charge on any atom is -0.379 e. The van der Waals surface area contributed by atoms with Crippen LogP contribution in [0.2, 0.25) is 0 Å². The van der Waals surface area contributed by atoms with E-state index in [1.165, 1.54) is 0 Å². The van der Waals surface area contributed by atoms with Crippen LogP contribution in [0, 0.1) is 0 Å². The van der Waals surface area contributed by atoms with Gasteiger partial charge in [-0.3, -0.25) is 4.79 Å². The van der Waals surface area contributed by atoms with Crippen LogP contribution >= 0.6 is 11.3 Å². The third kappa shape index (κ3) is 2.07. The highest BCUT2D eigenvalue weighted by Crippen LogP contribution is 2.29. The number of rotatable bonds is 3. The Kier molecular flexibility index (Phi) is 2.43. The third-order valence-corrected chi connectivity index (χ3v) is 3.98. The van der Waals surface area contributed by atoms with Gasteiger partial charge in [0, 0.05) is 12.5 Å². The molecule has 1 aromatic heterocycles. The van der Waals surface area contributed by atoms with Crippen LogP contribution in [0.4, 0.5) is 0 Å². The first kappa shape index (κ1) is 10.8. The molecule has 1 saturated carbocycles. The molecule has 90 valence electrons. The molecule has 2 heterocycles. The standard InChI is InChI=1S/C12H14N2O2S/c1-12(11(15)13-8-4-5-8)7-9(14-16-12)10-3-2-6-17-10/h2-3,6,8H,4-5,7H2,1H3,(H,13,15)/t12-/m0/s1. The fourth-order valence-electron chi connectivity index (χ4n) is 1.80. The lowest BCUT2D eigenvalue weighted by Gasteiger charge is -2.20. The number of hydrogen-bond donors (Lipinski definition) is 1. The van der Waals surface area contributed by atoms with Gasteiger partial charge in [-0.1, -0.05) is 11.2 Å². The lowest BCUT2D eigenvalue weighted by atomic mass is 9.98. The molecule has 1 aliphatic carbocycles. The first-order valence-electron chi connectivity index (χ1n) is 5.77. The van der Waals surface area contributed by atoms with E-state index >= 15 is 0 Å². The number of hydrogen-bond acceptors (Lipinski definition) is 4. The zero-order valence-electron chi connectivity index (χ0n) is 9.60. The van der Waals surface area contributed by atoms with Crippen LogP contribution < -0.4 is 5.32 Å². The minimum atomic E-state index is -0.831. The molecular weight excluding hydrogens is 236 g/mol. The molecule has 2 aliphatic rings. The predicted octanol–water partition coefficient (Wildman–Crippen LogP) is 1.91. The molecule has 0 saturated heterocycles. The zero-order chi connectivity index (χ0) is 11.9. The molecule has 0 radical (unpaired) electrons. The number of carbonyl (C=O) groups excluding carboxylic acids is 1. The summed E-state index contributed by atoms with van der Waals surface area (Å²) in [5, 5.41) is 9.01. The number of amides is 1. The molecule has 17 heavy (non-hydrogen) atoms. The van der Waals surface area contributed by atoms with Gasteiger partial charge in [-0.15, -0.1) is 11.3 Å². The van der Waals surface area contributed by atoms with Crippen LogP contribution in [-0.4, -0.2) is 23.3 Å². The molecule has 1 amide bonds. The van der Waals surface area contributed by atoms with Crippen molar-refractivity contribution < 1.29 is 9.63 Å². The van der Waals surface area contributed by atoms with Crippen LogP contribution in [0.25, 0.3) is 0 Å². The predicted molar refractivity (Wildman–Crippen MR) is 66.1 cm³/mol. The van der Waals surface area contributed by atoms with E-state index in [9.17, 15) is 4.79 Å². The van der Waals surface area contributed by atoms with E-state index in [2.05, 4.69) is 10.5 Å². The van der Waals surface area contributed by atoms with Gasteiger partial charge in [-0.25, -0.2) is 0 Å². The molecular formula is C12H14N2O2S. The maximum absolute atomic E-state index is 12.0. The second kappa shape index (κ2) is 3.84. The van der Waals surface area contributed by atoms with Crippen molar-refractivity contribution >= 4 is 23.0 Å². The lowest BCUT2D eigenvalue weighted by Crippen LogP contribution is -2.45. The van der Waals surface area contributed by atoms with Gasteiger partial charge in [0.25, 0.3) is 5.91 Å². The number of oxime groups is 1. The first-order chi connectivity index (χ1) is 8.17. The van der Waals surface area contributed by atoms with Crippen LogP contribution in [0.15, 0.2) is 22.7 Å². The van der Waals surface area contributed by atoms with Crippen LogP contribution in [-0.2, 0) is 9.63 Å². The highest BCUT2D eigenvalue weighted by atomic mass is 32.1. The SMILES string of the molecule is C[C@@]1(C(=O)NC2CC2)CC(c2cccs2)=NO1. The lowest BCUT2D eigenvalue weighted by molar-refractivity contribution is -0.141. The van der Waals surface area contributed by atoms with E-state index in [1.807, 2.05) is 17.5 Å². The van der Waals surface area contributed by atoms with Crippen molar-refractivity contribution in [2.45, 2.75) is 37.8 Å². The highest BCUT2D eigenvalue weighted by Gasteiger charge is 2.44. The molecule has 0 aromatic carbocycles. The molecule has 5 heteroatoms. The zero-order valence-corrected chi connectivity index (χ0v) is 10.4. The van der Waals surface area contributed by atoms with Gasteiger partial charge in [-0.05, 0) is 31.2 Å². The third-order valence-electron chi connectivity index (χ3n) is 3.06. The van der Waals surface area contributed by atoms with Gasteiger partial charge in [0.2, 0.25) is 5.60 Å². The Morgan fingerprint density at radius 1 is 1.65 bits per heavy atom. The van der Waals surface area contributed by atoms with Crippen molar-refractivity contribution in [2.24, 2.45) is 5.16 Å². The van der Waals surface area contributed by atoms with E-state index in [-0.39, 0.29) is 5.91 Å². The van der Waals surface area contributed by atoms with Crippen LogP contribution in [0.1, 0.15) is 31.1 Å². The Bertz CT molecular complexity index is 465. The summed E-state index contributed by atoms with van der Waals surface area (Å²) in [6.07, 6.45) is 2.72. The molecule has 4 nitrogen and oxygen atoms in total. The number of nitrogens with one attached hydrogen (secondary N) is 1. The molecule has 1 N–H and O–H groups in total. The molecule has 1 fully saturated rings. The number of thiophene rings is 1. The van der Waals surface area contributed by atoms with Crippen molar-refractivity contribution in [1.29, 1.82) is 0 Å². The normalized spacial score (nSPS) is 27.5. The van der Waals surface area contributed by atoms with E-state index in [0.29, 0.717) is 12.5 Å². The molecule has 3 rings (SSSR count). The van der Waals surface area contributed by atoms with Gasteiger partial charge in [0.15, 0.2) is 0 Å². The van der Waals surface area contributed by atoms with E-state index < -0.39 is 5.60 Å². The fourth-order valence-corrected chi connectivity index (χ4v) is 2.51. The quantitative estimate of drug-likeness (QED) is 0.891. The maximum Gasteiger partial charge on any atom is 0.267 e. The van der Waals surface area contributed by atoms with Gasteiger partial charge in [-0.2, -0.15) is 0 Å². The highest BCUT2D eigenvalue weighted by molar-refractivity contribution is 7.12. The van der Waals surface area contributed by atoms with Crippen molar-refractivity contribution in [3.8, 4) is 0 Å². The van der Waals surface area contributed by atoms with E-state index in [0.717, 1.165) is 23.4 Å². The van der Waals surface area contributed by atoms with Gasteiger partial charge < -0.3 is 10.2 Å². The second-order valence-corrected chi connectivity index (χ2v) is 5.71. The topological polar surface area (TPSA) is 50.7 Å². The molecule has 0 bridgehead atoms. The summed E-state index contributed by atoms with van der Waals surface area (Å²) < 4.78 is 0. The summed E-state index contributed by atoms with van der Waals surface area (Å²) in [5.74, 6) is -0.0460. The number of carbonyl (C=O) groups is 1. The summed E-state index contributed by atoms with van der Waals surface area (Å²) in [4.78, 5) is 18.5. The number of nitrogens with zero attached hydrogens (tertiary/aromatic N) is 1. The Hall–Kier alpha value is -1.36. The van der Waals surface area contributed by atoms with Gasteiger partial charge in [0.1, 0.15) is 5.71 Å². The van der Waals surface area contributed by atoms with Crippen LogP contribution in [0.5, 0.6) is 0 Å². The van der Waals surface area contributed by atoms with Crippen LogP contribution in [0.3, 0.4) is 0 Å². The Labute approximate surface area is 104 Å². The molecule has 1 aromatic rings. The smallest absolute Gasteiger partial charge is 0.267 e. The molecule has 0 spiro atoms. The Morgan fingerprint density at radius 3 is 3.12 bits per heavy atom. The Balaban J connectivity index is 1.69. The van der Waals surface area contributed by atoms with E-state index in [4.69, 9.17) is 4.84 Å². The summed E-state index contributed by atoms with van der Waals surface area (Å²) in [6, 6.07) is 4.33. The Morgan fingerprint density at radius 2 is 2.47 bits per heavy atom. The largest absolute Gasteiger partial charge is 0.379 e. The molecule has 1 atom stereocenters. The van der Waals surface area contributed by atoms with E-state index in [1.54, 1.807) is 18.3 Å². The maximum atomic E-state index is 12.0. The van der Waals surface area contributed by atoms with Crippen molar-refractivity contribution in [3.63, 3.8) is 0 Å². The molecule has 1 aliphatic heterocycles. The average molecular weight is 250 g/mol. The van der Waals surface area contributed by atoms with Crippen molar-refractivity contribution in [3.05, 3.63) is 22.4 Å². The van der Waals surface area contributed by atoms with Gasteiger partial charge in [0.05, 0.1) is 4.88 Å². The monoisotopic (exact) mass is 250 g/mol. The summed E-state index contributed by atoms with van der Waals surface area (Å²) in [6.45, 7) is 1.80. The summed E-state index contributed by atoms with van der Waals surface area (Å²) >= 11 is 1.62. The van der Waals surface area contributed by atoms with Crippen molar-refractivity contribution in [2.75, 3.05) is 0 Å².